The summed E-state index contributed by atoms with van der Waals surface area (Å²) in [5.74, 6) is 0. The summed E-state index contributed by atoms with van der Waals surface area (Å²) >= 11 is 3.29. The first-order valence-corrected chi connectivity index (χ1v) is 6.12. The molecular weight excluding hydrogens is 272 g/mol. The molecule has 0 amide bonds. The van der Waals surface area contributed by atoms with Crippen molar-refractivity contribution in [1.29, 1.82) is 0 Å². The summed E-state index contributed by atoms with van der Waals surface area (Å²) in [6.07, 6.45) is 3.72. The van der Waals surface area contributed by atoms with Gasteiger partial charge in [0.05, 0.1) is 4.92 Å². The minimum absolute atomic E-state index is 0.139. The van der Waals surface area contributed by atoms with E-state index in [0.717, 1.165) is 10.0 Å². The van der Waals surface area contributed by atoms with Gasteiger partial charge in [-0.3, -0.25) is 10.1 Å². The Labute approximate surface area is 102 Å². The highest BCUT2D eigenvalue weighted by atomic mass is 79.9. The predicted octanol–water partition coefficient (Wildman–Crippen LogP) is 3.00. The molecule has 0 spiro atoms. The van der Waals surface area contributed by atoms with Crippen LogP contribution in [0.3, 0.4) is 0 Å². The van der Waals surface area contributed by atoms with Gasteiger partial charge in [0.2, 0.25) is 0 Å². The van der Waals surface area contributed by atoms with E-state index in [0.29, 0.717) is 12.6 Å². The molecule has 86 valence electrons. The fourth-order valence-electron chi connectivity index (χ4n) is 1.72. The summed E-state index contributed by atoms with van der Waals surface area (Å²) in [6.45, 7) is 0.699. The molecule has 1 aromatic carbocycles. The summed E-state index contributed by atoms with van der Waals surface area (Å²) < 4.78 is 0.757. The normalized spacial score (nSPS) is 15.8. The summed E-state index contributed by atoms with van der Waals surface area (Å²) in [4.78, 5) is 10.3. The number of non-ortho nitro benzene ring substituents is 1. The van der Waals surface area contributed by atoms with Gasteiger partial charge in [0.25, 0.3) is 5.69 Å². The van der Waals surface area contributed by atoms with Crippen LogP contribution in [0, 0.1) is 10.1 Å². The van der Waals surface area contributed by atoms with Crippen molar-refractivity contribution in [2.45, 2.75) is 31.8 Å². The van der Waals surface area contributed by atoms with Crippen molar-refractivity contribution >= 4 is 21.6 Å². The van der Waals surface area contributed by atoms with Gasteiger partial charge in [0, 0.05) is 29.2 Å². The molecule has 1 saturated carbocycles. The summed E-state index contributed by atoms with van der Waals surface area (Å²) in [5, 5.41) is 14.1. The molecule has 0 atom stereocenters. The van der Waals surface area contributed by atoms with Crippen molar-refractivity contribution in [3.63, 3.8) is 0 Å². The van der Waals surface area contributed by atoms with E-state index >= 15 is 0 Å². The molecule has 4 nitrogen and oxygen atoms in total. The number of hydrogen-bond donors (Lipinski definition) is 1. The fraction of sp³-hybridized carbons (Fsp3) is 0.455. The lowest BCUT2D eigenvalue weighted by Gasteiger charge is -2.26. The van der Waals surface area contributed by atoms with Gasteiger partial charge in [-0.05, 0) is 24.5 Å². The zero-order valence-electron chi connectivity index (χ0n) is 8.78. The monoisotopic (exact) mass is 284 g/mol. The molecule has 0 aliphatic heterocycles. The maximum atomic E-state index is 10.7. The largest absolute Gasteiger partial charge is 0.310 e. The number of nitrogens with zero attached hydrogens (tertiary/aromatic N) is 1. The molecule has 2 rings (SSSR count). The molecule has 0 bridgehead atoms. The van der Waals surface area contributed by atoms with Crippen molar-refractivity contribution in [2.24, 2.45) is 0 Å². The maximum Gasteiger partial charge on any atom is 0.270 e. The van der Waals surface area contributed by atoms with Crippen LogP contribution >= 0.6 is 15.9 Å². The summed E-state index contributed by atoms with van der Waals surface area (Å²) in [6, 6.07) is 5.65. The van der Waals surface area contributed by atoms with Gasteiger partial charge in [0.1, 0.15) is 0 Å². The average molecular weight is 285 g/mol. The van der Waals surface area contributed by atoms with E-state index in [-0.39, 0.29) is 10.6 Å². The number of rotatable bonds is 4. The number of nitrogens with one attached hydrogen (secondary N) is 1. The van der Waals surface area contributed by atoms with Crippen LogP contribution in [-0.4, -0.2) is 11.0 Å². The molecule has 0 heterocycles. The Morgan fingerprint density at radius 1 is 1.44 bits per heavy atom. The lowest BCUT2D eigenvalue weighted by Crippen LogP contribution is -2.34. The van der Waals surface area contributed by atoms with Crippen LogP contribution < -0.4 is 5.32 Å². The van der Waals surface area contributed by atoms with Gasteiger partial charge in [-0.1, -0.05) is 22.4 Å². The summed E-state index contributed by atoms with van der Waals surface area (Å²) in [7, 11) is 0. The number of halogens is 1. The minimum atomic E-state index is -0.363. The van der Waals surface area contributed by atoms with Gasteiger partial charge in [-0.15, -0.1) is 0 Å². The van der Waals surface area contributed by atoms with Gasteiger partial charge in [-0.2, -0.15) is 0 Å². The van der Waals surface area contributed by atoms with Crippen molar-refractivity contribution in [2.75, 3.05) is 0 Å². The Hall–Kier alpha value is -0.940. The third-order valence-corrected chi connectivity index (χ3v) is 3.31. The van der Waals surface area contributed by atoms with Gasteiger partial charge >= 0.3 is 0 Å². The Morgan fingerprint density at radius 3 is 2.75 bits per heavy atom. The van der Waals surface area contributed by atoms with E-state index in [2.05, 4.69) is 21.2 Å². The van der Waals surface area contributed by atoms with E-state index in [1.54, 1.807) is 6.07 Å². The molecule has 16 heavy (non-hydrogen) atoms. The zero-order valence-corrected chi connectivity index (χ0v) is 10.4. The maximum absolute atomic E-state index is 10.7. The number of nitro benzene ring substituents is 1. The van der Waals surface area contributed by atoms with Crippen LogP contribution in [0.15, 0.2) is 22.7 Å². The molecule has 5 heteroatoms. The van der Waals surface area contributed by atoms with Crippen molar-refractivity contribution in [3.8, 4) is 0 Å². The fourth-order valence-corrected chi connectivity index (χ4v) is 2.24. The first-order valence-electron chi connectivity index (χ1n) is 5.32. The van der Waals surface area contributed by atoms with Crippen molar-refractivity contribution < 1.29 is 4.92 Å². The van der Waals surface area contributed by atoms with Gasteiger partial charge < -0.3 is 5.32 Å². The third kappa shape index (κ3) is 2.80. The number of benzene rings is 1. The molecule has 0 aromatic heterocycles. The Bertz CT molecular complexity index is 405. The van der Waals surface area contributed by atoms with E-state index in [1.807, 2.05) is 6.07 Å². The highest BCUT2D eigenvalue weighted by Gasteiger charge is 2.16. The van der Waals surface area contributed by atoms with Crippen LogP contribution in [0.4, 0.5) is 5.69 Å². The molecule has 0 saturated heterocycles. The van der Waals surface area contributed by atoms with Crippen molar-refractivity contribution in [1.82, 2.24) is 5.32 Å². The molecule has 1 N–H and O–H groups in total. The predicted molar refractivity (Wildman–Crippen MR) is 65.3 cm³/mol. The van der Waals surface area contributed by atoms with Crippen LogP contribution in [0.5, 0.6) is 0 Å². The molecule has 1 aromatic rings. The van der Waals surface area contributed by atoms with E-state index < -0.39 is 0 Å². The molecule has 1 aliphatic rings. The van der Waals surface area contributed by atoms with E-state index in [9.17, 15) is 10.1 Å². The zero-order chi connectivity index (χ0) is 11.5. The minimum Gasteiger partial charge on any atom is -0.310 e. The molecule has 0 unspecified atom stereocenters. The SMILES string of the molecule is O=[N+]([O-])c1cc(Br)cc(CNC2CCC2)c1. The Balaban J connectivity index is 2.04. The van der Waals surface area contributed by atoms with Gasteiger partial charge in [0.15, 0.2) is 0 Å². The first-order chi connectivity index (χ1) is 7.65. The highest BCUT2D eigenvalue weighted by molar-refractivity contribution is 9.10. The number of hydrogen-bond acceptors (Lipinski definition) is 3. The smallest absolute Gasteiger partial charge is 0.270 e. The number of nitro groups is 1. The molecular formula is C11H13BrN2O2. The lowest BCUT2D eigenvalue weighted by molar-refractivity contribution is -0.385. The molecule has 0 radical (unpaired) electrons. The van der Waals surface area contributed by atoms with Crippen LogP contribution in [0.2, 0.25) is 0 Å². The third-order valence-electron chi connectivity index (χ3n) is 2.85. The van der Waals surface area contributed by atoms with Crippen molar-refractivity contribution in [3.05, 3.63) is 38.3 Å². The first kappa shape index (κ1) is 11.5. The van der Waals surface area contributed by atoms with Crippen LogP contribution in [0.25, 0.3) is 0 Å². The van der Waals surface area contributed by atoms with Gasteiger partial charge in [-0.25, -0.2) is 0 Å². The summed E-state index contributed by atoms with van der Waals surface area (Å²) in [5.41, 5.74) is 1.09. The Kier molecular flexibility index (Phi) is 3.56. The lowest BCUT2D eigenvalue weighted by atomic mass is 9.93. The second kappa shape index (κ2) is 4.93. The second-order valence-electron chi connectivity index (χ2n) is 4.08. The van der Waals surface area contributed by atoms with E-state index in [4.69, 9.17) is 0 Å². The molecule has 1 fully saturated rings. The average Bonchev–Trinajstić information content (AvgIpc) is 2.14. The molecule has 1 aliphatic carbocycles. The van der Waals surface area contributed by atoms with E-state index in [1.165, 1.54) is 25.3 Å². The quantitative estimate of drug-likeness (QED) is 0.683. The Morgan fingerprint density at radius 2 is 2.19 bits per heavy atom. The second-order valence-corrected chi connectivity index (χ2v) is 5.00. The standard InChI is InChI=1S/C11H13BrN2O2/c12-9-4-8(5-11(6-9)14(15)16)7-13-10-2-1-3-10/h4-6,10,13H,1-3,7H2. The van der Waals surface area contributed by atoms with Crippen LogP contribution in [0.1, 0.15) is 24.8 Å². The highest BCUT2D eigenvalue weighted by Crippen LogP contribution is 2.23. The topological polar surface area (TPSA) is 55.2 Å². The van der Waals surface area contributed by atoms with Crippen LogP contribution in [-0.2, 0) is 6.54 Å².